The second-order valence-electron chi connectivity index (χ2n) is 5.86. The van der Waals surface area contributed by atoms with Crippen molar-refractivity contribution in [3.05, 3.63) is 59.9 Å². The van der Waals surface area contributed by atoms with Gasteiger partial charge in [0.2, 0.25) is 5.91 Å². The molecule has 0 bridgehead atoms. The van der Waals surface area contributed by atoms with Crippen LogP contribution < -0.4 is 21.3 Å². The summed E-state index contributed by atoms with van der Waals surface area (Å²) in [4.78, 5) is 35.6. The lowest BCUT2D eigenvalue weighted by Crippen LogP contribution is -3.11. The van der Waals surface area contributed by atoms with E-state index in [9.17, 15) is 18.8 Å². The summed E-state index contributed by atoms with van der Waals surface area (Å²) < 4.78 is 13.1. The van der Waals surface area contributed by atoms with E-state index in [4.69, 9.17) is 5.73 Å². The molecule has 0 aliphatic rings. The van der Waals surface area contributed by atoms with Gasteiger partial charge in [0.25, 0.3) is 11.8 Å². The van der Waals surface area contributed by atoms with Gasteiger partial charge in [0.1, 0.15) is 5.82 Å². The Hall–Kier alpha value is -3.26. The summed E-state index contributed by atoms with van der Waals surface area (Å²) in [5.41, 5.74) is 6.39. The van der Waals surface area contributed by atoms with E-state index >= 15 is 0 Å². The molecule has 0 spiro atoms. The van der Waals surface area contributed by atoms with Crippen molar-refractivity contribution in [3.8, 4) is 0 Å². The van der Waals surface area contributed by atoms with Crippen LogP contribution in [0.15, 0.2) is 48.5 Å². The van der Waals surface area contributed by atoms with Crippen molar-refractivity contribution in [2.24, 2.45) is 5.73 Å². The maximum atomic E-state index is 13.1. The zero-order valence-electron chi connectivity index (χ0n) is 14.2. The predicted octanol–water partition coefficient (Wildman–Crippen LogP) is 0.0165. The van der Waals surface area contributed by atoms with Crippen molar-refractivity contribution in [1.82, 2.24) is 0 Å². The van der Waals surface area contributed by atoms with E-state index in [0.29, 0.717) is 21.8 Å². The molecule has 0 saturated heterocycles. The largest absolute Gasteiger partial charge is 0.366 e. The molecule has 7 nitrogen and oxygen atoms in total. The summed E-state index contributed by atoms with van der Waals surface area (Å²) in [6.07, 6.45) is 0. The van der Waals surface area contributed by atoms with E-state index in [1.54, 1.807) is 25.2 Å². The molecule has 1 atom stereocenters. The van der Waals surface area contributed by atoms with E-state index < -0.39 is 11.7 Å². The number of primary amides is 1. The van der Waals surface area contributed by atoms with Gasteiger partial charge in [0.05, 0.1) is 7.05 Å². The molecule has 5 N–H and O–H groups in total. The minimum atomic E-state index is -0.545. The first-order chi connectivity index (χ1) is 12.3. The summed E-state index contributed by atoms with van der Waals surface area (Å²) in [5.74, 6) is -1.60. The number of anilines is 2. The first kappa shape index (κ1) is 19.1. The van der Waals surface area contributed by atoms with Crippen LogP contribution in [0.25, 0.3) is 0 Å². The smallest absolute Gasteiger partial charge is 0.279 e. The number of carbonyl (C=O) groups excluding carboxylic acids is 3. The lowest BCUT2D eigenvalue weighted by molar-refractivity contribution is -0.862. The minimum Gasteiger partial charge on any atom is -0.366 e. The Bertz CT molecular complexity index is 808. The number of quaternary nitrogens is 1. The van der Waals surface area contributed by atoms with E-state index in [-0.39, 0.29) is 24.9 Å². The van der Waals surface area contributed by atoms with Gasteiger partial charge in [-0.3, -0.25) is 14.4 Å². The molecular formula is C18H20FN4O3+. The Morgan fingerprint density at radius 3 is 2.08 bits per heavy atom. The molecule has 0 aliphatic heterocycles. The number of nitrogens with two attached hydrogens (primary N) is 1. The molecule has 0 fully saturated rings. The van der Waals surface area contributed by atoms with Crippen LogP contribution in [-0.4, -0.2) is 37.9 Å². The van der Waals surface area contributed by atoms with Crippen LogP contribution >= 0.6 is 0 Å². The van der Waals surface area contributed by atoms with Crippen LogP contribution in [0.4, 0.5) is 15.8 Å². The highest BCUT2D eigenvalue weighted by Crippen LogP contribution is 2.09. The second-order valence-corrected chi connectivity index (χ2v) is 5.86. The van der Waals surface area contributed by atoms with Crippen LogP contribution in [0.1, 0.15) is 10.4 Å². The van der Waals surface area contributed by atoms with E-state index in [1.165, 1.54) is 30.3 Å². The number of hydrogen-bond acceptors (Lipinski definition) is 3. The summed E-state index contributed by atoms with van der Waals surface area (Å²) in [5, 5.41) is 5.25. The van der Waals surface area contributed by atoms with Crippen LogP contribution in [0.3, 0.4) is 0 Å². The third kappa shape index (κ3) is 5.99. The number of amides is 3. The van der Waals surface area contributed by atoms with Gasteiger partial charge in [-0.1, -0.05) is 6.07 Å². The molecule has 2 aromatic carbocycles. The molecule has 8 heteroatoms. The van der Waals surface area contributed by atoms with Crippen molar-refractivity contribution < 1.29 is 23.7 Å². The Balaban J connectivity index is 1.80. The highest BCUT2D eigenvalue weighted by atomic mass is 19.1. The quantitative estimate of drug-likeness (QED) is 0.560. The molecule has 2 aromatic rings. The summed E-state index contributed by atoms with van der Waals surface area (Å²) in [7, 11) is 1.70. The zero-order chi connectivity index (χ0) is 19.1. The number of hydrogen-bond donors (Lipinski definition) is 4. The molecule has 3 amide bonds. The molecule has 0 radical (unpaired) electrons. The molecule has 0 aromatic heterocycles. The molecule has 1 unspecified atom stereocenters. The van der Waals surface area contributed by atoms with Gasteiger partial charge in [0, 0.05) is 16.9 Å². The molecule has 2 rings (SSSR count). The standard InChI is InChI=1S/C18H19FN4O3/c1-23(11-17(25)22-15-4-2-3-13(19)9-15)10-16(24)21-14-7-5-12(6-8-14)18(20)26/h2-9H,10-11H2,1H3,(H2,20,26)(H,21,24)(H,22,25)/p+1. The number of nitrogens with one attached hydrogen (secondary N) is 3. The first-order valence-corrected chi connectivity index (χ1v) is 7.90. The number of rotatable bonds is 7. The van der Waals surface area contributed by atoms with Crippen LogP contribution in [0, 0.1) is 5.82 Å². The van der Waals surface area contributed by atoms with Gasteiger partial charge in [-0.25, -0.2) is 4.39 Å². The molecule has 0 heterocycles. The Morgan fingerprint density at radius 1 is 0.962 bits per heavy atom. The zero-order valence-corrected chi connectivity index (χ0v) is 14.2. The maximum Gasteiger partial charge on any atom is 0.279 e. The molecule has 0 aliphatic carbocycles. The van der Waals surface area contributed by atoms with Crippen molar-refractivity contribution in [1.29, 1.82) is 0 Å². The van der Waals surface area contributed by atoms with E-state index in [0.717, 1.165) is 0 Å². The van der Waals surface area contributed by atoms with Crippen molar-refractivity contribution in [3.63, 3.8) is 0 Å². The highest BCUT2D eigenvalue weighted by molar-refractivity contribution is 5.95. The first-order valence-electron chi connectivity index (χ1n) is 7.90. The lowest BCUT2D eigenvalue weighted by atomic mass is 10.2. The van der Waals surface area contributed by atoms with E-state index in [2.05, 4.69) is 10.6 Å². The SMILES string of the molecule is C[NH+](CC(=O)Nc1ccc(C(N)=O)cc1)CC(=O)Nc1cccc(F)c1. The van der Waals surface area contributed by atoms with Crippen molar-refractivity contribution in [2.75, 3.05) is 30.8 Å². The summed E-state index contributed by atoms with van der Waals surface area (Å²) >= 11 is 0. The third-order valence-corrected chi connectivity index (χ3v) is 3.49. The third-order valence-electron chi connectivity index (χ3n) is 3.49. The van der Waals surface area contributed by atoms with Crippen molar-refractivity contribution in [2.45, 2.75) is 0 Å². The lowest BCUT2D eigenvalue weighted by Gasteiger charge is -2.14. The van der Waals surface area contributed by atoms with Gasteiger partial charge >= 0.3 is 0 Å². The Kier molecular flexibility index (Phi) is 6.40. The monoisotopic (exact) mass is 359 g/mol. The molecule has 0 saturated carbocycles. The fraction of sp³-hybridized carbons (Fsp3) is 0.167. The van der Waals surface area contributed by atoms with Gasteiger partial charge in [-0.15, -0.1) is 0 Å². The average Bonchev–Trinajstić information content (AvgIpc) is 2.54. The predicted molar refractivity (Wildman–Crippen MR) is 95.2 cm³/mol. The van der Waals surface area contributed by atoms with Crippen molar-refractivity contribution >= 4 is 29.1 Å². The number of benzene rings is 2. The molecule has 136 valence electrons. The Labute approximate surface area is 150 Å². The normalized spacial score (nSPS) is 11.5. The summed E-state index contributed by atoms with van der Waals surface area (Å²) in [6.45, 7) is 0.110. The number of halogens is 1. The number of carbonyl (C=O) groups is 3. The van der Waals surface area contributed by atoms with Crippen LogP contribution in [0.5, 0.6) is 0 Å². The van der Waals surface area contributed by atoms with Gasteiger partial charge in [0.15, 0.2) is 13.1 Å². The van der Waals surface area contributed by atoms with Gasteiger partial charge < -0.3 is 21.3 Å². The topological polar surface area (TPSA) is 106 Å². The number of likely N-dealkylation sites (N-methyl/N-ethyl adjacent to an activating group) is 1. The fourth-order valence-corrected chi connectivity index (χ4v) is 2.31. The highest BCUT2D eigenvalue weighted by Gasteiger charge is 2.15. The van der Waals surface area contributed by atoms with Gasteiger partial charge in [-0.2, -0.15) is 0 Å². The van der Waals surface area contributed by atoms with Crippen LogP contribution in [-0.2, 0) is 9.59 Å². The molecule has 26 heavy (non-hydrogen) atoms. The Morgan fingerprint density at radius 2 is 1.54 bits per heavy atom. The minimum absolute atomic E-state index is 0.0462. The summed E-state index contributed by atoms with van der Waals surface area (Å²) in [6, 6.07) is 11.8. The van der Waals surface area contributed by atoms with E-state index in [1.807, 2.05) is 0 Å². The molecular weight excluding hydrogens is 339 g/mol. The van der Waals surface area contributed by atoms with Gasteiger partial charge in [-0.05, 0) is 42.5 Å². The second kappa shape index (κ2) is 8.72. The fourth-order valence-electron chi connectivity index (χ4n) is 2.31. The maximum absolute atomic E-state index is 13.1. The van der Waals surface area contributed by atoms with Crippen LogP contribution in [0.2, 0.25) is 0 Å². The average molecular weight is 359 g/mol.